The molecular weight excluding hydrogens is 264 g/mol. The van der Waals surface area contributed by atoms with Crippen LogP contribution >= 0.6 is 23.6 Å². The molecule has 1 aliphatic rings. The van der Waals surface area contributed by atoms with Gasteiger partial charge in [-0.1, -0.05) is 0 Å². The third-order valence-corrected chi connectivity index (χ3v) is 4.24. The smallest absolute Gasteiger partial charge is 0.186 e. The average Bonchev–Trinajstić information content (AvgIpc) is 2.88. The Morgan fingerprint density at radius 3 is 2.89 bits per heavy atom. The van der Waals surface area contributed by atoms with Gasteiger partial charge < -0.3 is 10.2 Å². The zero-order valence-corrected chi connectivity index (χ0v) is 12.1. The highest BCUT2D eigenvalue weighted by molar-refractivity contribution is 7.80. The van der Waals surface area contributed by atoms with E-state index in [1.807, 2.05) is 6.21 Å². The Morgan fingerprint density at radius 1 is 1.39 bits per heavy atom. The van der Waals surface area contributed by atoms with Gasteiger partial charge in [0.05, 0.1) is 11.2 Å². The number of hydrogen-bond donors (Lipinski definition) is 2. The van der Waals surface area contributed by atoms with Crippen molar-refractivity contribution in [1.82, 2.24) is 10.7 Å². The molecule has 1 aliphatic heterocycles. The monoisotopic (exact) mass is 282 g/mol. The lowest BCUT2D eigenvalue weighted by molar-refractivity contribution is 0.580. The molecule has 0 atom stereocenters. The Bertz CT molecular complexity index is 421. The van der Waals surface area contributed by atoms with Crippen LogP contribution in [0.2, 0.25) is 0 Å². The number of hydrogen-bond acceptors (Lipinski definition) is 4. The van der Waals surface area contributed by atoms with Gasteiger partial charge in [0.1, 0.15) is 0 Å². The molecule has 0 aromatic carbocycles. The summed E-state index contributed by atoms with van der Waals surface area (Å²) in [5.41, 5.74) is 2.75. The molecule has 2 N–H and O–H groups in total. The van der Waals surface area contributed by atoms with Crippen molar-refractivity contribution in [3.63, 3.8) is 0 Å². The Hall–Kier alpha value is -1.14. The van der Waals surface area contributed by atoms with Crippen LogP contribution in [0.25, 0.3) is 0 Å². The predicted molar refractivity (Wildman–Crippen MR) is 82.8 cm³/mol. The second-order valence-electron chi connectivity index (χ2n) is 4.17. The molecule has 2 heterocycles. The molecule has 2 rings (SSSR count). The number of thiocarbonyl (C=S) groups is 1. The summed E-state index contributed by atoms with van der Waals surface area (Å²) in [6, 6.07) is 4.27. The van der Waals surface area contributed by atoms with E-state index >= 15 is 0 Å². The standard InChI is InChI=1S/C12H18N4S2/c1-13-12(17)15-14-9-10-5-6-11(18-10)16-7-3-2-4-8-16/h5-6,9H,2-4,7-8H2,1H3,(H2,13,15,17)/b14-9-. The van der Waals surface area contributed by atoms with Crippen LogP contribution in [0.1, 0.15) is 24.1 Å². The van der Waals surface area contributed by atoms with Crippen molar-refractivity contribution in [2.75, 3.05) is 25.0 Å². The molecule has 4 nitrogen and oxygen atoms in total. The van der Waals surface area contributed by atoms with Gasteiger partial charge in [0.25, 0.3) is 0 Å². The van der Waals surface area contributed by atoms with Crippen LogP contribution in [0.5, 0.6) is 0 Å². The summed E-state index contributed by atoms with van der Waals surface area (Å²) >= 11 is 6.71. The SMILES string of the molecule is CNC(=S)N/N=C\c1ccc(N2CCCCC2)s1. The van der Waals surface area contributed by atoms with Crippen molar-refractivity contribution in [3.8, 4) is 0 Å². The molecule has 98 valence electrons. The van der Waals surface area contributed by atoms with E-state index in [1.54, 1.807) is 18.4 Å². The highest BCUT2D eigenvalue weighted by atomic mass is 32.1. The van der Waals surface area contributed by atoms with Crippen molar-refractivity contribution < 1.29 is 0 Å². The van der Waals surface area contributed by atoms with Gasteiger partial charge in [-0.15, -0.1) is 11.3 Å². The van der Waals surface area contributed by atoms with Gasteiger partial charge in [-0.2, -0.15) is 5.10 Å². The van der Waals surface area contributed by atoms with E-state index in [1.165, 1.54) is 37.4 Å². The lowest BCUT2D eigenvalue weighted by Gasteiger charge is -2.27. The number of hydrazone groups is 1. The third-order valence-electron chi connectivity index (χ3n) is 2.87. The normalized spacial score (nSPS) is 15.9. The minimum absolute atomic E-state index is 0.527. The van der Waals surface area contributed by atoms with E-state index in [0.29, 0.717) is 5.11 Å². The number of thiophene rings is 1. The Morgan fingerprint density at radius 2 is 2.17 bits per heavy atom. The molecule has 6 heteroatoms. The maximum Gasteiger partial charge on any atom is 0.186 e. The maximum atomic E-state index is 4.94. The lowest BCUT2D eigenvalue weighted by Crippen LogP contribution is -2.28. The number of nitrogens with zero attached hydrogens (tertiary/aromatic N) is 2. The largest absolute Gasteiger partial charge is 0.364 e. The first kappa shape index (κ1) is 13.3. The number of nitrogens with one attached hydrogen (secondary N) is 2. The molecular formula is C12H18N4S2. The third kappa shape index (κ3) is 3.68. The van der Waals surface area contributed by atoms with Crippen LogP contribution < -0.4 is 15.6 Å². The molecule has 0 unspecified atom stereocenters. The predicted octanol–water partition coefficient (Wildman–Crippen LogP) is 2.17. The van der Waals surface area contributed by atoms with Gasteiger partial charge >= 0.3 is 0 Å². The first-order chi connectivity index (χ1) is 8.79. The average molecular weight is 282 g/mol. The lowest BCUT2D eigenvalue weighted by atomic mass is 10.1. The summed E-state index contributed by atoms with van der Waals surface area (Å²) in [5.74, 6) is 0. The Balaban J connectivity index is 1.91. The van der Waals surface area contributed by atoms with Crippen LogP contribution in [-0.2, 0) is 0 Å². The fourth-order valence-electron chi connectivity index (χ4n) is 1.91. The van der Waals surface area contributed by atoms with Crippen molar-refractivity contribution in [2.24, 2.45) is 5.10 Å². The summed E-state index contributed by atoms with van der Waals surface area (Å²) in [6.07, 6.45) is 5.78. The highest BCUT2D eigenvalue weighted by Gasteiger charge is 2.12. The molecule has 1 aromatic heterocycles. The van der Waals surface area contributed by atoms with Crippen LogP contribution in [0.4, 0.5) is 5.00 Å². The second kappa shape index (κ2) is 6.70. The van der Waals surface area contributed by atoms with Gasteiger partial charge in [-0.25, -0.2) is 0 Å². The van der Waals surface area contributed by atoms with E-state index in [2.05, 4.69) is 32.9 Å². The minimum Gasteiger partial charge on any atom is -0.364 e. The quantitative estimate of drug-likeness (QED) is 0.506. The number of rotatable bonds is 3. The molecule has 0 aliphatic carbocycles. The van der Waals surface area contributed by atoms with E-state index in [0.717, 1.165) is 4.88 Å². The highest BCUT2D eigenvalue weighted by Crippen LogP contribution is 2.27. The molecule has 0 radical (unpaired) electrons. The summed E-state index contributed by atoms with van der Waals surface area (Å²) in [6.45, 7) is 2.36. The van der Waals surface area contributed by atoms with E-state index in [4.69, 9.17) is 12.2 Å². The fourth-order valence-corrected chi connectivity index (χ4v) is 2.89. The Kier molecular flexibility index (Phi) is 4.95. The molecule has 0 bridgehead atoms. The van der Waals surface area contributed by atoms with Gasteiger partial charge in [-0.05, 0) is 43.6 Å². The Labute approximate surface area is 117 Å². The van der Waals surface area contributed by atoms with Crippen molar-refractivity contribution in [2.45, 2.75) is 19.3 Å². The van der Waals surface area contributed by atoms with Crippen molar-refractivity contribution in [1.29, 1.82) is 0 Å². The zero-order valence-electron chi connectivity index (χ0n) is 10.5. The van der Waals surface area contributed by atoms with Crippen LogP contribution in [0, 0.1) is 0 Å². The summed E-state index contributed by atoms with van der Waals surface area (Å²) in [4.78, 5) is 3.60. The summed E-state index contributed by atoms with van der Waals surface area (Å²) in [5, 5.41) is 8.76. The minimum atomic E-state index is 0.527. The first-order valence-corrected chi connectivity index (χ1v) is 7.37. The molecule has 0 amide bonds. The fraction of sp³-hybridized carbons (Fsp3) is 0.500. The zero-order chi connectivity index (χ0) is 12.8. The van der Waals surface area contributed by atoms with Gasteiger partial charge in [0.15, 0.2) is 5.11 Å². The van der Waals surface area contributed by atoms with Crippen molar-refractivity contribution in [3.05, 3.63) is 17.0 Å². The van der Waals surface area contributed by atoms with Gasteiger partial charge in [0.2, 0.25) is 0 Å². The van der Waals surface area contributed by atoms with Crippen molar-refractivity contribution >= 4 is 39.9 Å². The molecule has 1 aromatic rings. The summed E-state index contributed by atoms with van der Waals surface area (Å²) < 4.78 is 0. The van der Waals surface area contributed by atoms with E-state index in [9.17, 15) is 0 Å². The van der Waals surface area contributed by atoms with Gasteiger partial charge in [-0.3, -0.25) is 5.43 Å². The van der Waals surface area contributed by atoms with E-state index in [-0.39, 0.29) is 0 Å². The molecule has 1 fully saturated rings. The molecule has 1 saturated heterocycles. The first-order valence-electron chi connectivity index (χ1n) is 6.15. The van der Waals surface area contributed by atoms with Crippen LogP contribution in [0.15, 0.2) is 17.2 Å². The van der Waals surface area contributed by atoms with Crippen LogP contribution in [-0.4, -0.2) is 31.5 Å². The molecule has 18 heavy (non-hydrogen) atoms. The van der Waals surface area contributed by atoms with E-state index < -0.39 is 0 Å². The summed E-state index contributed by atoms with van der Waals surface area (Å²) in [7, 11) is 1.77. The topological polar surface area (TPSA) is 39.7 Å². The molecule has 0 spiro atoms. The van der Waals surface area contributed by atoms with Gasteiger partial charge in [0, 0.05) is 25.0 Å². The maximum absolute atomic E-state index is 4.94. The van der Waals surface area contributed by atoms with Crippen LogP contribution in [0.3, 0.4) is 0 Å². The molecule has 0 saturated carbocycles. The second-order valence-corrected chi connectivity index (χ2v) is 5.67. The number of piperidine rings is 1. The number of anilines is 1.